The molecule has 2 aromatic heterocycles. The van der Waals surface area contributed by atoms with E-state index in [9.17, 15) is 56.9 Å². The van der Waals surface area contributed by atoms with E-state index in [0.29, 0.717) is 0 Å². The van der Waals surface area contributed by atoms with Crippen LogP contribution in [-0.2, 0) is 36.8 Å². The van der Waals surface area contributed by atoms with Gasteiger partial charge in [0.2, 0.25) is 20.0 Å². The first kappa shape index (κ1) is 48.2. The van der Waals surface area contributed by atoms with Crippen molar-refractivity contribution in [3.8, 4) is 22.9 Å². The molecular weight excluding hydrogens is 890 g/mol. The van der Waals surface area contributed by atoms with Crippen LogP contribution in [0.4, 0.5) is 34.1 Å². The fraction of sp³-hybridized carbons (Fsp3) is 0.0625. The Kier molecular flexibility index (Phi) is 15.5. The van der Waals surface area contributed by atoms with Crippen LogP contribution in [0.1, 0.15) is 11.4 Å². The normalized spacial score (nSPS) is 11.4. The third-order valence-electron chi connectivity index (χ3n) is 7.65. The van der Waals surface area contributed by atoms with Crippen molar-refractivity contribution in [3.63, 3.8) is 0 Å². The monoisotopic (exact) mass is 916 g/mol. The summed E-state index contributed by atoms with van der Waals surface area (Å²) in [6.07, 6.45) is 0. The Balaban J connectivity index is 0.000000310. The van der Waals surface area contributed by atoms with Crippen molar-refractivity contribution in [2.75, 3.05) is 0 Å². The fourth-order valence-corrected chi connectivity index (χ4v) is 5.80. The zero-order valence-corrected chi connectivity index (χ0v) is 35.5. The molecule has 0 unspecified atom stereocenters. The Bertz CT molecular complexity index is 2800. The second kappa shape index (κ2) is 19.3. The second-order valence-corrected chi connectivity index (χ2v) is 14.8. The van der Waals surface area contributed by atoms with Gasteiger partial charge in [0.05, 0.1) is 31.0 Å². The van der Waals surface area contributed by atoms with Crippen molar-refractivity contribution in [2.24, 2.45) is 30.7 Å². The Morgan fingerprint density at radius 2 is 0.950 bits per heavy atom. The molecule has 28 heteroatoms. The Morgan fingerprint density at radius 3 is 1.23 bits per heavy atom. The summed E-state index contributed by atoms with van der Waals surface area (Å²) in [5.74, 6) is -0.733. The summed E-state index contributed by atoms with van der Waals surface area (Å²) < 4.78 is 47.7. The molecular formula is C32H26CoN12NaO12S2-. The molecule has 6 aromatic rings. The average Bonchev–Trinajstić information content (AvgIpc) is 3.61. The van der Waals surface area contributed by atoms with Crippen molar-refractivity contribution in [3.05, 3.63) is 137 Å². The van der Waals surface area contributed by atoms with Crippen LogP contribution in [0.5, 0.6) is 11.5 Å². The van der Waals surface area contributed by atoms with Gasteiger partial charge in [-0.15, -0.1) is 11.4 Å². The molecule has 309 valence electrons. The number of phenols is 2. The number of aromatic hydroxyl groups is 2. The molecule has 6 N–H and O–H groups in total. The molecule has 0 bridgehead atoms. The van der Waals surface area contributed by atoms with Crippen LogP contribution in [0.2, 0.25) is 0 Å². The number of phenolic OH excluding ortho intramolecular Hbond substituents is 2. The molecule has 0 saturated carbocycles. The molecule has 0 spiro atoms. The van der Waals surface area contributed by atoms with Gasteiger partial charge in [0.25, 0.3) is 11.4 Å². The van der Waals surface area contributed by atoms with Crippen LogP contribution < -0.4 is 51.0 Å². The molecule has 0 aliphatic heterocycles. The Hall–Kier alpha value is -6.17. The van der Waals surface area contributed by atoms with E-state index >= 15 is 0 Å². The number of hydrogen-bond donors (Lipinski definition) is 4. The zero-order valence-electron chi connectivity index (χ0n) is 30.8. The minimum Gasteiger partial charge on any atom is -0.506 e. The second-order valence-electron chi connectivity index (χ2n) is 11.6. The average molecular weight is 917 g/mol. The molecule has 0 amide bonds. The first-order valence-electron chi connectivity index (χ1n) is 15.7. The van der Waals surface area contributed by atoms with Gasteiger partial charge in [0.1, 0.15) is 34.0 Å². The number of azo groups is 2. The van der Waals surface area contributed by atoms with E-state index < -0.39 is 41.0 Å². The minimum absolute atomic E-state index is 0. The summed E-state index contributed by atoms with van der Waals surface area (Å²) in [7, 11) is -8.04. The van der Waals surface area contributed by atoms with E-state index in [0.717, 1.165) is 45.8 Å². The maximum atomic E-state index is 12.6. The molecule has 60 heavy (non-hydrogen) atoms. The van der Waals surface area contributed by atoms with Crippen LogP contribution in [0.25, 0.3) is 11.4 Å². The van der Waals surface area contributed by atoms with E-state index in [1.54, 1.807) is 0 Å². The van der Waals surface area contributed by atoms with E-state index in [2.05, 4.69) is 30.7 Å². The smallest absolute Gasteiger partial charge is 0.506 e. The standard InChI is InChI=1S/2C16H13N6O6S.Co.Na/c2*1-9-15(19-18-13-8-12(29(17,27)28)6-7-14(13)23)16(24)21(20-9)10-2-4-11(5-3-10)22(25)26;;/h2*2-8,23H,1H3,(H2,17,27,28);;/q2*-1;;+1. The number of aromatic nitrogens is 4. The number of benzene rings is 4. The van der Waals surface area contributed by atoms with Crippen LogP contribution in [-0.4, -0.2) is 56.5 Å². The molecule has 0 fully saturated rings. The molecule has 6 rings (SSSR count). The van der Waals surface area contributed by atoms with Gasteiger partial charge in [-0.05, 0) is 60.7 Å². The molecule has 0 aliphatic carbocycles. The van der Waals surface area contributed by atoms with Crippen molar-refractivity contribution >= 4 is 54.2 Å². The fourth-order valence-electron chi connectivity index (χ4n) is 4.74. The van der Waals surface area contributed by atoms with Crippen molar-refractivity contribution in [1.29, 1.82) is 0 Å². The number of primary sulfonamides is 2. The van der Waals surface area contributed by atoms with Gasteiger partial charge in [0.15, 0.2) is 0 Å². The predicted molar refractivity (Wildman–Crippen MR) is 201 cm³/mol. The van der Waals surface area contributed by atoms with Gasteiger partial charge in [-0.3, -0.25) is 20.2 Å². The van der Waals surface area contributed by atoms with Crippen molar-refractivity contribution < 1.29 is 83.2 Å². The molecule has 4 aromatic carbocycles. The minimum atomic E-state index is -4.02. The number of nitro groups is 2. The summed E-state index contributed by atoms with van der Waals surface area (Å²) in [6.45, 7) is 3.00. The van der Waals surface area contributed by atoms with Crippen LogP contribution >= 0.6 is 0 Å². The number of non-ortho nitro benzene ring substituents is 2. The summed E-state index contributed by atoms with van der Waals surface area (Å²) in [5.41, 5.74) is -1.33. The van der Waals surface area contributed by atoms with E-state index in [1.165, 1.54) is 62.4 Å². The number of nitro benzene ring substituents is 2. The van der Waals surface area contributed by atoms with Gasteiger partial charge in [-0.25, -0.2) is 46.7 Å². The first-order chi connectivity index (χ1) is 27.1. The topological polar surface area (TPSA) is 366 Å². The Morgan fingerprint density at radius 1 is 0.633 bits per heavy atom. The summed E-state index contributed by atoms with van der Waals surface area (Å²) in [6, 6.07) is 16.7. The van der Waals surface area contributed by atoms with Gasteiger partial charge in [-0.1, -0.05) is 25.2 Å². The largest absolute Gasteiger partial charge is 1.00 e. The molecule has 1 radical (unpaired) electrons. The van der Waals surface area contributed by atoms with Crippen molar-refractivity contribution in [1.82, 2.24) is 19.6 Å². The maximum absolute atomic E-state index is 12.6. The molecule has 24 nitrogen and oxygen atoms in total. The van der Waals surface area contributed by atoms with Crippen LogP contribution in [0, 0.1) is 34.1 Å². The van der Waals surface area contributed by atoms with Crippen LogP contribution in [0.15, 0.2) is 125 Å². The van der Waals surface area contributed by atoms with Crippen molar-refractivity contribution in [2.45, 2.75) is 23.6 Å². The van der Waals surface area contributed by atoms with Gasteiger partial charge in [-0.2, -0.15) is 10.2 Å². The van der Waals surface area contributed by atoms with E-state index in [1.807, 2.05) is 0 Å². The number of hydrogen-bond acceptors (Lipinski definition) is 18. The van der Waals surface area contributed by atoms with E-state index in [4.69, 9.17) is 10.3 Å². The summed E-state index contributed by atoms with van der Waals surface area (Å²) in [5, 5.41) is 74.3. The number of aryl methyl sites for hydroxylation is 2. The van der Waals surface area contributed by atoms with Gasteiger partial charge in [0, 0.05) is 41.0 Å². The summed E-state index contributed by atoms with van der Waals surface area (Å²) >= 11 is 0. The number of sulfonamides is 2. The van der Waals surface area contributed by atoms with Crippen LogP contribution in [0.3, 0.4) is 0 Å². The SMILES string of the molecule is Cc1nn(-c2ccc([N+](=O)[O-])cc2)c(=O)[c-]1N=Nc1cc(S(N)(=O)=O)ccc1O.Cc1nn(-c2ccc([N+](=O)[O-])cc2)c(=O)[c-]1N=Nc1cc(S(N)(=O)=O)ccc1O.[Co].[Na+]. The zero-order chi connectivity index (χ0) is 42.7. The quantitative estimate of drug-likeness (QED) is 0.0487. The maximum Gasteiger partial charge on any atom is 1.00 e. The third kappa shape index (κ3) is 11.1. The van der Waals surface area contributed by atoms with Gasteiger partial charge >= 0.3 is 29.6 Å². The summed E-state index contributed by atoms with van der Waals surface area (Å²) in [4.78, 5) is 44.9. The number of rotatable bonds is 10. The third-order valence-corrected chi connectivity index (χ3v) is 9.47. The first-order valence-corrected chi connectivity index (χ1v) is 18.8. The molecule has 0 atom stereocenters. The van der Waals surface area contributed by atoms with Gasteiger partial charge < -0.3 is 30.0 Å². The Labute approximate surface area is 369 Å². The molecule has 2 heterocycles. The number of nitrogens with zero attached hydrogens (tertiary/aromatic N) is 10. The predicted octanol–water partition coefficient (Wildman–Crippen LogP) is 0.874. The van der Waals surface area contributed by atoms with E-state index in [-0.39, 0.29) is 125 Å². The molecule has 0 aliphatic rings. The molecule has 0 saturated heterocycles. The number of nitrogens with two attached hydrogens (primary N) is 2.